The molecule has 1 aliphatic rings. The number of benzene rings is 3. The number of hydrogen-bond acceptors (Lipinski definition) is 7. The van der Waals surface area contributed by atoms with E-state index < -0.39 is 5.97 Å². The predicted molar refractivity (Wildman–Crippen MR) is 163 cm³/mol. The molecule has 0 saturated heterocycles. The van der Waals surface area contributed by atoms with Gasteiger partial charge in [-0.15, -0.1) is 11.3 Å². The lowest BCUT2D eigenvalue weighted by Crippen LogP contribution is -2.26. The van der Waals surface area contributed by atoms with E-state index in [0.29, 0.717) is 51.0 Å². The molecule has 0 spiro atoms. The highest BCUT2D eigenvalue weighted by atomic mass is 35.5. The number of hydrogen-bond donors (Lipinski definition) is 1. The molecule has 5 aromatic rings. The summed E-state index contributed by atoms with van der Waals surface area (Å²) in [5.41, 5.74) is 4.04. The summed E-state index contributed by atoms with van der Waals surface area (Å²) in [5, 5.41) is 13.1. The van der Waals surface area contributed by atoms with Gasteiger partial charge in [0.15, 0.2) is 10.7 Å². The Morgan fingerprint density at radius 3 is 2.56 bits per heavy atom. The maximum Gasteiger partial charge on any atom is 0.335 e. The molecule has 1 saturated carbocycles. The number of aromatic nitrogens is 2. The van der Waals surface area contributed by atoms with E-state index in [2.05, 4.69) is 9.88 Å². The largest absolute Gasteiger partial charge is 0.489 e. The monoisotopic (exact) mass is 607 g/mol. The quantitative estimate of drug-likeness (QED) is 0.178. The van der Waals surface area contributed by atoms with Gasteiger partial charge in [0, 0.05) is 23.7 Å². The van der Waals surface area contributed by atoms with Crippen LogP contribution in [0.3, 0.4) is 0 Å². The fourth-order valence-corrected chi connectivity index (χ4v) is 6.24. The highest BCUT2D eigenvalue weighted by molar-refractivity contribution is 7.14. The summed E-state index contributed by atoms with van der Waals surface area (Å²) in [7, 11) is 0. The van der Waals surface area contributed by atoms with Crippen LogP contribution >= 0.6 is 34.5 Å². The van der Waals surface area contributed by atoms with Crippen molar-refractivity contribution in [1.29, 1.82) is 0 Å². The number of fused-ring (bicyclic) bond motifs is 1. The molecule has 1 fully saturated rings. The van der Waals surface area contributed by atoms with Crippen molar-refractivity contribution in [3.8, 4) is 17.3 Å². The number of carbonyl (C=O) groups is 1. The van der Waals surface area contributed by atoms with Crippen LogP contribution in [0.15, 0.2) is 70.5 Å². The van der Waals surface area contributed by atoms with Crippen LogP contribution in [0.2, 0.25) is 10.0 Å². The first-order valence-corrected chi connectivity index (χ1v) is 15.1. The minimum absolute atomic E-state index is 0.262. The number of nitrogens with zero attached hydrogens (tertiary/aromatic N) is 3. The summed E-state index contributed by atoms with van der Waals surface area (Å²) in [6.07, 6.45) is 6.12. The van der Waals surface area contributed by atoms with Gasteiger partial charge in [0.25, 0.3) is 0 Å². The van der Waals surface area contributed by atoms with E-state index in [4.69, 9.17) is 37.3 Å². The van der Waals surface area contributed by atoms with Crippen LogP contribution in [0, 0.1) is 5.92 Å². The third-order valence-electron chi connectivity index (χ3n) is 7.28. The fraction of sp³-hybridized carbons (Fsp3) is 0.258. The Morgan fingerprint density at radius 1 is 1.00 bits per heavy atom. The summed E-state index contributed by atoms with van der Waals surface area (Å²) in [6.45, 7) is 1.16. The standard InChI is InChI=1S/C31H27Cl2N3O4S/c32-24-12-6-20(14-25(24)33)17-39-23-11-13-26-28(15-23)40-29(34-26)27-18-41-31(35-27)36(16-19-4-2-1-3-5-19)22-9-7-21(8-10-22)30(37)38/h6-15,18-19H,1-5,16-17H2,(H,37,38). The van der Waals surface area contributed by atoms with Gasteiger partial charge in [0.2, 0.25) is 5.89 Å². The maximum atomic E-state index is 11.4. The second-order valence-electron chi connectivity index (χ2n) is 10.2. The fourth-order valence-electron chi connectivity index (χ4n) is 5.09. The number of carboxylic acids is 1. The molecule has 1 aliphatic carbocycles. The molecule has 0 bridgehead atoms. The molecular formula is C31H27Cl2N3O4S. The molecule has 0 aliphatic heterocycles. The van der Waals surface area contributed by atoms with E-state index in [1.807, 2.05) is 41.8 Å². The van der Waals surface area contributed by atoms with Crippen molar-refractivity contribution < 1.29 is 19.1 Å². The average molecular weight is 609 g/mol. The Bertz CT molecular complexity index is 1680. The molecule has 2 heterocycles. The van der Waals surface area contributed by atoms with E-state index in [1.165, 1.54) is 43.4 Å². The highest BCUT2D eigenvalue weighted by Crippen LogP contribution is 2.36. The lowest BCUT2D eigenvalue weighted by Gasteiger charge is -2.29. The number of oxazole rings is 1. The topological polar surface area (TPSA) is 88.7 Å². The molecule has 10 heteroatoms. The number of thiazole rings is 1. The van der Waals surface area contributed by atoms with Gasteiger partial charge < -0.3 is 19.2 Å². The number of halogens is 2. The Hall–Kier alpha value is -3.59. The van der Waals surface area contributed by atoms with Gasteiger partial charge in [0.1, 0.15) is 23.6 Å². The van der Waals surface area contributed by atoms with Crippen molar-refractivity contribution in [2.75, 3.05) is 11.4 Å². The molecule has 0 amide bonds. The predicted octanol–water partition coefficient (Wildman–Crippen LogP) is 9.25. The van der Waals surface area contributed by atoms with E-state index in [1.54, 1.807) is 24.3 Å². The van der Waals surface area contributed by atoms with Crippen LogP contribution < -0.4 is 9.64 Å². The summed E-state index contributed by atoms with van der Waals surface area (Å²) < 4.78 is 12.0. The third kappa shape index (κ3) is 6.35. The summed E-state index contributed by atoms with van der Waals surface area (Å²) in [6, 6.07) is 17.9. The molecule has 0 radical (unpaired) electrons. The SMILES string of the molecule is O=C(O)c1ccc(N(CC2CCCCC2)c2nc(-c3nc4ccc(OCc5ccc(Cl)c(Cl)c5)cc4o3)cs2)cc1. The normalized spacial score (nSPS) is 13.9. The van der Waals surface area contributed by atoms with Crippen molar-refractivity contribution in [1.82, 2.24) is 9.97 Å². The second-order valence-corrected chi connectivity index (χ2v) is 11.8. The minimum atomic E-state index is -0.939. The van der Waals surface area contributed by atoms with Gasteiger partial charge >= 0.3 is 5.97 Å². The molecule has 0 unspecified atom stereocenters. The van der Waals surface area contributed by atoms with Gasteiger partial charge in [-0.05, 0) is 72.9 Å². The number of rotatable bonds is 9. The van der Waals surface area contributed by atoms with Crippen LogP contribution in [-0.4, -0.2) is 27.6 Å². The Morgan fingerprint density at radius 2 is 1.80 bits per heavy atom. The lowest BCUT2D eigenvalue weighted by atomic mass is 9.89. The number of aromatic carboxylic acids is 1. The first-order chi connectivity index (χ1) is 19.9. The van der Waals surface area contributed by atoms with E-state index in [0.717, 1.165) is 22.9 Å². The van der Waals surface area contributed by atoms with E-state index >= 15 is 0 Å². The summed E-state index contributed by atoms with van der Waals surface area (Å²) >= 11 is 13.6. The van der Waals surface area contributed by atoms with E-state index in [-0.39, 0.29) is 5.56 Å². The van der Waals surface area contributed by atoms with Crippen LogP contribution in [0.1, 0.15) is 48.0 Å². The van der Waals surface area contributed by atoms with E-state index in [9.17, 15) is 9.90 Å². The first-order valence-electron chi connectivity index (χ1n) is 13.5. The Kier molecular flexibility index (Phi) is 8.14. The molecular weight excluding hydrogens is 581 g/mol. The Balaban J connectivity index is 1.23. The molecule has 41 heavy (non-hydrogen) atoms. The lowest BCUT2D eigenvalue weighted by molar-refractivity contribution is 0.0697. The van der Waals surface area contributed by atoms with Crippen LogP contribution in [0.25, 0.3) is 22.7 Å². The third-order valence-corrected chi connectivity index (χ3v) is 8.89. The zero-order valence-electron chi connectivity index (χ0n) is 22.1. The highest BCUT2D eigenvalue weighted by Gasteiger charge is 2.23. The van der Waals surface area contributed by atoms with Crippen LogP contribution in [0.4, 0.5) is 10.8 Å². The minimum Gasteiger partial charge on any atom is -0.489 e. The van der Waals surface area contributed by atoms with Crippen molar-refractivity contribution in [2.45, 2.75) is 38.7 Å². The Labute approximate surface area is 251 Å². The summed E-state index contributed by atoms with van der Waals surface area (Å²) in [5.74, 6) is 0.699. The molecule has 7 nitrogen and oxygen atoms in total. The maximum absolute atomic E-state index is 11.4. The van der Waals surface area contributed by atoms with Crippen LogP contribution in [0.5, 0.6) is 5.75 Å². The van der Waals surface area contributed by atoms with Gasteiger partial charge in [-0.25, -0.2) is 14.8 Å². The van der Waals surface area contributed by atoms with Gasteiger partial charge in [-0.2, -0.15) is 0 Å². The average Bonchev–Trinajstić information content (AvgIpc) is 3.64. The van der Waals surface area contributed by atoms with Crippen molar-refractivity contribution in [3.63, 3.8) is 0 Å². The first kappa shape index (κ1) is 27.6. The molecule has 1 N–H and O–H groups in total. The second kappa shape index (κ2) is 12.1. The molecule has 0 atom stereocenters. The number of anilines is 2. The van der Waals surface area contributed by atoms with Crippen molar-refractivity contribution in [2.24, 2.45) is 5.92 Å². The van der Waals surface area contributed by atoms with Crippen molar-refractivity contribution in [3.05, 3.63) is 87.2 Å². The van der Waals surface area contributed by atoms with Crippen LogP contribution in [-0.2, 0) is 6.61 Å². The van der Waals surface area contributed by atoms with Gasteiger partial charge in [-0.3, -0.25) is 0 Å². The number of ether oxygens (including phenoxy) is 1. The smallest absolute Gasteiger partial charge is 0.335 e. The zero-order chi connectivity index (χ0) is 28.3. The zero-order valence-corrected chi connectivity index (χ0v) is 24.4. The molecule has 210 valence electrons. The molecule has 3 aromatic carbocycles. The molecule has 2 aromatic heterocycles. The number of carboxylic acid groups (broad SMARTS) is 1. The summed E-state index contributed by atoms with van der Waals surface area (Å²) in [4.78, 5) is 23.1. The van der Waals surface area contributed by atoms with Gasteiger partial charge in [-0.1, -0.05) is 48.5 Å². The molecule has 6 rings (SSSR count). The van der Waals surface area contributed by atoms with Gasteiger partial charge in [0.05, 0.1) is 15.6 Å². The van der Waals surface area contributed by atoms with Crippen molar-refractivity contribution >= 4 is 62.4 Å².